The fourth-order valence-corrected chi connectivity index (χ4v) is 2.84. The van der Waals surface area contributed by atoms with E-state index in [-0.39, 0.29) is 30.8 Å². The second-order valence-electron chi connectivity index (χ2n) is 5.43. The molecule has 1 fully saturated rings. The Hall–Kier alpha value is -1.20. The first-order chi connectivity index (χ1) is 9.52. The number of rotatable bonds is 3. The highest BCUT2D eigenvalue weighted by Gasteiger charge is 2.30. The van der Waals surface area contributed by atoms with Crippen molar-refractivity contribution in [2.75, 3.05) is 13.1 Å². The molecule has 1 aliphatic rings. The summed E-state index contributed by atoms with van der Waals surface area (Å²) in [6.07, 6.45) is 2.11. The molecule has 2 rings (SSSR count). The minimum atomic E-state index is -0.919. The Morgan fingerprint density at radius 1 is 1.38 bits per heavy atom. The quantitative estimate of drug-likeness (QED) is 0.931. The largest absolute Gasteiger partial charge is 0.338 e. The number of carbonyl (C=O) groups is 1. The van der Waals surface area contributed by atoms with E-state index in [0.29, 0.717) is 24.6 Å². The minimum absolute atomic E-state index is 0. The van der Waals surface area contributed by atoms with Gasteiger partial charge in [-0.15, -0.1) is 12.4 Å². The molecule has 3 nitrogen and oxygen atoms in total. The number of piperidine rings is 1. The summed E-state index contributed by atoms with van der Waals surface area (Å²) < 4.78 is 26.0. The molecule has 1 aliphatic heterocycles. The maximum absolute atomic E-state index is 13.2. The van der Waals surface area contributed by atoms with Gasteiger partial charge >= 0.3 is 0 Å². The molecule has 1 amide bonds. The summed E-state index contributed by atoms with van der Waals surface area (Å²) in [4.78, 5) is 14.1. The summed E-state index contributed by atoms with van der Waals surface area (Å²) in [5.41, 5.74) is 6.24. The fourth-order valence-electron chi connectivity index (χ4n) is 2.84. The molecule has 0 aliphatic carbocycles. The van der Waals surface area contributed by atoms with Crippen molar-refractivity contribution in [2.45, 2.75) is 32.2 Å². The number of nitrogens with two attached hydrogens (primary N) is 1. The lowest BCUT2D eigenvalue weighted by Gasteiger charge is -2.39. The molecule has 6 heteroatoms. The molecule has 2 N–H and O–H groups in total. The van der Waals surface area contributed by atoms with Gasteiger partial charge in [0.1, 0.15) is 0 Å². The zero-order valence-electron chi connectivity index (χ0n) is 12.0. The summed E-state index contributed by atoms with van der Waals surface area (Å²) in [5, 5.41) is 0. The Morgan fingerprint density at radius 2 is 2.10 bits per heavy atom. The third-order valence-electron chi connectivity index (χ3n) is 4.02. The third kappa shape index (κ3) is 4.14. The predicted molar refractivity (Wildman–Crippen MR) is 80.3 cm³/mol. The van der Waals surface area contributed by atoms with E-state index in [0.717, 1.165) is 25.0 Å². The fraction of sp³-hybridized carbons (Fsp3) is 0.533. The lowest BCUT2D eigenvalue weighted by molar-refractivity contribution is -0.135. The number of hydrogen-bond acceptors (Lipinski definition) is 2. The van der Waals surface area contributed by atoms with Crippen molar-refractivity contribution >= 4 is 18.3 Å². The highest BCUT2D eigenvalue weighted by molar-refractivity contribution is 5.85. The second kappa shape index (κ2) is 7.71. The highest BCUT2D eigenvalue weighted by Crippen LogP contribution is 2.23. The zero-order valence-corrected chi connectivity index (χ0v) is 12.8. The molecule has 0 radical (unpaired) electrons. The monoisotopic (exact) mass is 318 g/mol. The van der Waals surface area contributed by atoms with Crippen molar-refractivity contribution in [2.24, 2.45) is 11.7 Å². The first-order valence-corrected chi connectivity index (χ1v) is 6.96. The molecule has 1 aromatic carbocycles. The molecule has 0 aromatic heterocycles. The van der Waals surface area contributed by atoms with Crippen LogP contribution in [0.15, 0.2) is 18.2 Å². The molecule has 2 atom stereocenters. The van der Waals surface area contributed by atoms with Gasteiger partial charge in [0.2, 0.25) is 5.91 Å². The van der Waals surface area contributed by atoms with Crippen LogP contribution in [0.4, 0.5) is 8.78 Å². The maximum atomic E-state index is 13.2. The smallest absolute Gasteiger partial charge is 0.227 e. The molecule has 1 heterocycles. The van der Waals surface area contributed by atoms with Crippen molar-refractivity contribution in [3.8, 4) is 0 Å². The SMILES string of the molecule is CC1CCCN(C(=O)Cc2ccc(F)c(F)c2)C1CN.Cl. The van der Waals surface area contributed by atoms with Crippen LogP contribution in [0.2, 0.25) is 0 Å². The van der Waals surface area contributed by atoms with E-state index in [4.69, 9.17) is 5.73 Å². The molecule has 0 bridgehead atoms. The van der Waals surface area contributed by atoms with Gasteiger partial charge in [-0.3, -0.25) is 4.79 Å². The predicted octanol–water partition coefficient (Wildman–Crippen LogP) is 2.51. The molecule has 118 valence electrons. The number of hydrogen-bond donors (Lipinski definition) is 1. The van der Waals surface area contributed by atoms with Gasteiger partial charge in [-0.05, 0) is 36.5 Å². The normalized spacial score (nSPS) is 21.8. The van der Waals surface area contributed by atoms with Crippen molar-refractivity contribution in [3.63, 3.8) is 0 Å². The Morgan fingerprint density at radius 3 is 2.71 bits per heavy atom. The summed E-state index contributed by atoms with van der Waals surface area (Å²) in [6, 6.07) is 3.62. The van der Waals surface area contributed by atoms with Crippen LogP contribution in [-0.2, 0) is 11.2 Å². The lowest BCUT2D eigenvalue weighted by atomic mass is 9.90. The average Bonchev–Trinajstić information content (AvgIpc) is 2.42. The first-order valence-electron chi connectivity index (χ1n) is 6.96. The van der Waals surface area contributed by atoms with E-state index in [1.54, 1.807) is 4.90 Å². The maximum Gasteiger partial charge on any atom is 0.227 e. The Kier molecular flexibility index (Phi) is 6.55. The van der Waals surface area contributed by atoms with Crippen LogP contribution in [0.1, 0.15) is 25.3 Å². The highest BCUT2D eigenvalue weighted by atomic mass is 35.5. The van der Waals surface area contributed by atoms with Gasteiger partial charge in [0, 0.05) is 19.1 Å². The van der Waals surface area contributed by atoms with Crippen LogP contribution in [0.25, 0.3) is 0 Å². The molecule has 0 saturated carbocycles. The second-order valence-corrected chi connectivity index (χ2v) is 5.43. The number of amides is 1. The Labute approximate surface area is 129 Å². The number of benzene rings is 1. The molecule has 2 unspecified atom stereocenters. The number of nitrogens with zero attached hydrogens (tertiary/aromatic N) is 1. The third-order valence-corrected chi connectivity index (χ3v) is 4.02. The average molecular weight is 319 g/mol. The zero-order chi connectivity index (χ0) is 14.7. The number of likely N-dealkylation sites (tertiary alicyclic amines) is 1. The van der Waals surface area contributed by atoms with E-state index < -0.39 is 11.6 Å². The van der Waals surface area contributed by atoms with Crippen molar-refractivity contribution in [1.82, 2.24) is 4.90 Å². The van der Waals surface area contributed by atoms with Gasteiger partial charge in [-0.1, -0.05) is 13.0 Å². The van der Waals surface area contributed by atoms with Gasteiger partial charge in [0.15, 0.2) is 11.6 Å². The molecule has 1 aromatic rings. The van der Waals surface area contributed by atoms with Crippen LogP contribution in [0.5, 0.6) is 0 Å². The van der Waals surface area contributed by atoms with E-state index in [9.17, 15) is 13.6 Å². The van der Waals surface area contributed by atoms with Crippen LogP contribution in [0, 0.1) is 17.6 Å². The summed E-state index contributed by atoms with van der Waals surface area (Å²) in [6.45, 7) is 3.22. The van der Waals surface area contributed by atoms with E-state index in [2.05, 4.69) is 6.92 Å². The molecule has 0 spiro atoms. The van der Waals surface area contributed by atoms with E-state index >= 15 is 0 Å². The summed E-state index contributed by atoms with van der Waals surface area (Å²) in [5.74, 6) is -1.51. The van der Waals surface area contributed by atoms with Crippen molar-refractivity contribution in [3.05, 3.63) is 35.4 Å². The summed E-state index contributed by atoms with van der Waals surface area (Å²) in [7, 11) is 0. The molecular formula is C15H21ClF2N2O. The standard InChI is InChI=1S/C15H20F2N2O.ClH/c1-10-3-2-6-19(14(10)9-18)15(20)8-11-4-5-12(16)13(17)7-11;/h4-5,7,10,14H,2-3,6,8-9,18H2,1H3;1H. The number of carbonyl (C=O) groups excluding carboxylic acids is 1. The molecule has 21 heavy (non-hydrogen) atoms. The molecular weight excluding hydrogens is 298 g/mol. The van der Waals surface area contributed by atoms with Crippen LogP contribution in [0.3, 0.4) is 0 Å². The van der Waals surface area contributed by atoms with Crippen LogP contribution < -0.4 is 5.73 Å². The van der Waals surface area contributed by atoms with E-state index in [1.165, 1.54) is 6.07 Å². The topological polar surface area (TPSA) is 46.3 Å². The van der Waals surface area contributed by atoms with Gasteiger partial charge < -0.3 is 10.6 Å². The van der Waals surface area contributed by atoms with Gasteiger partial charge in [0.05, 0.1) is 6.42 Å². The number of halogens is 3. The Bertz CT molecular complexity index is 499. The van der Waals surface area contributed by atoms with Crippen LogP contribution in [-0.4, -0.2) is 29.9 Å². The van der Waals surface area contributed by atoms with Gasteiger partial charge in [0.25, 0.3) is 0 Å². The van der Waals surface area contributed by atoms with Gasteiger partial charge in [-0.25, -0.2) is 8.78 Å². The van der Waals surface area contributed by atoms with Crippen molar-refractivity contribution < 1.29 is 13.6 Å². The van der Waals surface area contributed by atoms with Crippen molar-refractivity contribution in [1.29, 1.82) is 0 Å². The van der Waals surface area contributed by atoms with Gasteiger partial charge in [-0.2, -0.15) is 0 Å². The first kappa shape index (κ1) is 17.9. The molecule has 1 saturated heterocycles. The van der Waals surface area contributed by atoms with Crippen LogP contribution >= 0.6 is 12.4 Å². The summed E-state index contributed by atoms with van der Waals surface area (Å²) >= 11 is 0. The lowest BCUT2D eigenvalue weighted by Crippen LogP contribution is -2.51. The van der Waals surface area contributed by atoms with E-state index in [1.807, 2.05) is 0 Å². The Balaban J connectivity index is 0.00000220. The minimum Gasteiger partial charge on any atom is -0.338 e.